The molecule has 0 radical (unpaired) electrons. The summed E-state index contributed by atoms with van der Waals surface area (Å²) >= 11 is 0. The van der Waals surface area contributed by atoms with Crippen LogP contribution in [0.25, 0.3) is 11.4 Å². The predicted octanol–water partition coefficient (Wildman–Crippen LogP) is 7.94. The van der Waals surface area contributed by atoms with E-state index in [0.29, 0.717) is 0 Å². The minimum atomic E-state index is 0.825. The van der Waals surface area contributed by atoms with Crippen LogP contribution in [0.2, 0.25) is 0 Å². The normalized spacial score (nSPS) is 11.6. The lowest BCUT2D eigenvalue weighted by molar-refractivity contribution is -0.726. The number of aromatic nitrogens is 6. The van der Waals surface area contributed by atoms with E-state index in [1.165, 1.54) is 0 Å². The van der Waals surface area contributed by atoms with Crippen molar-refractivity contribution in [1.82, 2.24) is 13.7 Å². The predicted molar refractivity (Wildman–Crippen MR) is 187 cm³/mol. The first-order valence-electron chi connectivity index (χ1n) is 16.6. The lowest BCUT2D eigenvalue weighted by atomic mass is 10.3. The van der Waals surface area contributed by atoms with Crippen molar-refractivity contribution < 1.29 is 13.7 Å². The second-order valence-corrected chi connectivity index (χ2v) is 11.8. The van der Waals surface area contributed by atoms with Gasteiger partial charge in [0.05, 0.1) is 36.6 Å². The quantitative estimate of drug-likeness (QED) is 0.0849. The van der Waals surface area contributed by atoms with Crippen molar-refractivity contribution in [3.05, 3.63) is 165 Å². The number of hydrogen-bond donors (Lipinski definition) is 0. The fourth-order valence-electron chi connectivity index (χ4n) is 5.64. The van der Waals surface area contributed by atoms with E-state index in [1.54, 1.807) is 0 Å². The molecular formula is C39H39N10+3. The zero-order chi connectivity index (χ0) is 33.1. The molecule has 2 aromatic carbocycles. The third kappa shape index (κ3) is 8.55. The van der Waals surface area contributed by atoms with Gasteiger partial charge in [-0.3, -0.25) is 0 Å². The van der Waals surface area contributed by atoms with Gasteiger partial charge in [-0.25, -0.2) is 18.3 Å². The minimum Gasteiger partial charge on any atom is -0.324 e. The summed E-state index contributed by atoms with van der Waals surface area (Å²) in [5, 5.41) is 17.9. The van der Waals surface area contributed by atoms with E-state index in [9.17, 15) is 0 Å². The average molecular weight is 648 g/mol. The van der Waals surface area contributed by atoms with Crippen molar-refractivity contribution in [3.8, 4) is 11.4 Å². The van der Waals surface area contributed by atoms with Crippen LogP contribution in [-0.4, -0.2) is 13.7 Å². The third-order valence-electron chi connectivity index (χ3n) is 8.21. The molecule has 5 heterocycles. The molecule has 10 heteroatoms. The molecule has 10 nitrogen and oxygen atoms in total. The minimum absolute atomic E-state index is 0.825. The van der Waals surface area contributed by atoms with Gasteiger partial charge in [-0.1, -0.05) is 6.07 Å². The van der Waals surface area contributed by atoms with Crippen LogP contribution in [0, 0.1) is 0 Å². The largest absolute Gasteiger partial charge is 0.350 e. The van der Waals surface area contributed by atoms with Crippen LogP contribution >= 0.6 is 0 Å². The van der Waals surface area contributed by atoms with Crippen LogP contribution in [0.1, 0.15) is 12.8 Å². The summed E-state index contributed by atoms with van der Waals surface area (Å²) in [6.45, 7) is 3.60. The molecule has 7 rings (SSSR count). The summed E-state index contributed by atoms with van der Waals surface area (Å²) in [4.78, 5) is 0. The maximum atomic E-state index is 4.55. The van der Waals surface area contributed by atoms with Gasteiger partial charge in [0.15, 0.2) is 18.9 Å². The molecule has 0 amide bonds. The first-order valence-corrected chi connectivity index (χ1v) is 16.6. The first-order chi connectivity index (χ1) is 24.2. The fraction of sp³-hybridized carbons (Fsp3) is 0.154. The molecule has 0 bridgehead atoms. The lowest BCUT2D eigenvalue weighted by Crippen LogP contribution is -2.37. The van der Waals surface area contributed by atoms with Crippen molar-refractivity contribution in [2.24, 2.45) is 20.5 Å². The second-order valence-electron chi connectivity index (χ2n) is 11.8. The summed E-state index contributed by atoms with van der Waals surface area (Å²) in [6, 6.07) is 34.2. The Kier molecular flexibility index (Phi) is 9.93. The molecule has 5 aromatic heterocycles. The zero-order valence-corrected chi connectivity index (χ0v) is 27.3. The zero-order valence-electron chi connectivity index (χ0n) is 27.3. The van der Waals surface area contributed by atoms with Crippen molar-refractivity contribution in [2.75, 3.05) is 0 Å². The highest BCUT2D eigenvalue weighted by molar-refractivity contribution is 5.46. The van der Waals surface area contributed by atoms with Gasteiger partial charge in [-0.2, -0.15) is 5.11 Å². The van der Waals surface area contributed by atoms with Crippen molar-refractivity contribution in [1.29, 1.82) is 0 Å². The molecule has 242 valence electrons. The van der Waals surface area contributed by atoms with E-state index in [0.717, 1.165) is 73.3 Å². The van der Waals surface area contributed by atoms with Gasteiger partial charge in [0.25, 0.3) is 0 Å². The SMILES string of the molecule is c1cc[n+](CCCn2cc[n+](CCC[n+]3cccc(N=Nc4ccc(-n5cccc5)cc4)c3)c2)c(N=Nc2ccc(-n3cccc3)cc2)c1. The van der Waals surface area contributed by atoms with Crippen molar-refractivity contribution >= 4 is 22.9 Å². The molecule has 0 saturated carbocycles. The van der Waals surface area contributed by atoms with Crippen LogP contribution < -0.4 is 13.7 Å². The van der Waals surface area contributed by atoms with Crippen LogP contribution in [0.3, 0.4) is 0 Å². The molecule has 0 N–H and O–H groups in total. The summed E-state index contributed by atoms with van der Waals surface area (Å²) in [5.74, 6) is 0.838. The van der Waals surface area contributed by atoms with Gasteiger partial charge in [-0.05, 0) is 90.0 Å². The Morgan fingerprint density at radius 1 is 0.469 bits per heavy atom. The maximum absolute atomic E-state index is 4.55. The third-order valence-corrected chi connectivity index (χ3v) is 8.21. The number of azo groups is 2. The lowest BCUT2D eigenvalue weighted by Gasteiger charge is -2.02. The van der Waals surface area contributed by atoms with Gasteiger partial charge in [0, 0.05) is 61.1 Å². The number of nitrogens with zero attached hydrogens (tertiary/aromatic N) is 10. The van der Waals surface area contributed by atoms with E-state index < -0.39 is 0 Å². The molecule has 0 aliphatic rings. The average Bonchev–Trinajstić information content (AvgIpc) is 3.96. The number of rotatable bonds is 14. The standard InChI is InChI=1S/C39H39N10/c1-2-28-49(39(11-1)43-41-35-14-18-38(19-15-35)48-26-5-6-27-48)29-9-23-46-31-30-45(33-46)22-8-21-44-20-7-10-36(32-44)42-40-34-12-16-37(17-13-34)47-24-3-4-25-47/h1-7,10-20,24-28,30-33H,8-9,21-23,29H2/q+3. The Hall–Kier alpha value is -6.29. The highest BCUT2D eigenvalue weighted by atomic mass is 15.2. The molecule has 0 unspecified atom stereocenters. The van der Waals surface area contributed by atoms with Gasteiger partial charge in [-0.15, -0.1) is 5.11 Å². The Balaban J connectivity index is 0.861. The summed E-state index contributed by atoms with van der Waals surface area (Å²) in [6.07, 6.45) is 22.8. The van der Waals surface area contributed by atoms with Crippen LogP contribution in [0.15, 0.2) is 186 Å². The van der Waals surface area contributed by atoms with E-state index >= 15 is 0 Å². The Morgan fingerprint density at radius 3 is 1.80 bits per heavy atom. The number of imidazole rings is 1. The Morgan fingerprint density at radius 2 is 1.10 bits per heavy atom. The first kappa shape index (κ1) is 31.3. The van der Waals surface area contributed by atoms with Crippen molar-refractivity contribution in [3.63, 3.8) is 0 Å². The molecule has 0 atom stereocenters. The van der Waals surface area contributed by atoms with E-state index in [4.69, 9.17) is 0 Å². The molecular weight excluding hydrogens is 608 g/mol. The summed E-state index contributed by atoms with van der Waals surface area (Å²) in [5.41, 5.74) is 4.68. The number of benzene rings is 2. The highest BCUT2D eigenvalue weighted by Crippen LogP contribution is 2.20. The maximum Gasteiger partial charge on any atom is 0.350 e. The number of hydrogen-bond acceptors (Lipinski definition) is 4. The van der Waals surface area contributed by atoms with E-state index in [1.807, 2.05) is 122 Å². The van der Waals surface area contributed by atoms with Gasteiger partial charge >= 0.3 is 5.82 Å². The molecule has 49 heavy (non-hydrogen) atoms. The molecule has 0 aliphatic heterocycles. The van der Waals surface area contributed by atoms with E-state index in [2.05, 4.69) is 91.1 Å². The smallest absolute Gasteiger partial charge is 0.324 e. The van der Waals surface area contributed by atoms with Gasteiger partial charge in [0.1, 0.15) is 23.8 Å². The topological polar surface area (TPSA) is 75.9 Å². The summed E-state index contributed by atoms with van der Waals surface area (Å²) in [7, 11) is 0. The molecule has 0 aliphatic carbocycles. The van der Waals surface area contributed by atoms with Gasteiger partial charge < -0.3 is 9.13 Å². The molecule has 0 fully saturated rings. The van der Waals surface area contributed by atoms with Crippen LogP contribution in [-0.2, 0) is 26.2 Å². The van der Waals surface area contributed by atoms with Crippen molar-refractivity contribution in [2.45, 2.75) is 39.0 Å². The summed E-state index contributed by atoms with van der Waals surface area (Å²) < 4.78 is 13.0. The Bertz CT molecular complexity index is 2110. The Labute approximate surface area is 285 Å². The monoisotopic (exact) mass is 647 g/mol. The number of pyridine rings is 2. The molecule has 0 spiro atoms. The van der Waals surface area contributed by atoms with Crippen LogP contribution in [0.4, 0.5) is 22.9 Å². The van der Waals surface area contributed by atoms with Gasteiger partial charge in [0.2, 0.25) is 6.33 Å². The second kappa shape index (κ2) is 15.5. The molecule has 7 aromatic rings. The van der Waals surface area contributed by atoms with Crippen LogP contribution in [0.5, 0.6) is 0 Å². The van der Waals surface area contributed by atoms with E-state index in [-0.39, 0.29) is 0 Å². The number of aryl methyl sites for hydroxylation is 4. The molecule has 0 saturated heterocycles. The highest BCUT2D eigenvalue weighted by Gasteiger charge is 2.11. The fourth-order valence-corrected chi connectivity index (χ4v) is 5.64.